The summed E-state index contributed by atoms with van der Waals surface area (Å²) < 4.78 is 11.0. The predicted octanol–water partition coefficient (Wildman–Crippen LogP) is 4.61. The Labute approximate surface area is 174 Å². The van der Waals surface area contributed by atoms with E-state index >= 15 is 0 Å². The van der Waals surface area contributed by atoms with E-state index in [1.54, 1.807) is 14.2 Å². The quantitative estimate of drug-likeness (QED) is 0.627. The minimum absolute atomic E-state index is 0.0360. The molecule has 0 aliphatic carbocycles. The fourth-order valence-corrected chi connectivity index (χ4v) is 5.47. The summed E-state index contributed by atoms with van der Waals surface area (Å²) in [5.41, 5.74) is 2.88. The lowest BCUT2D eigenvalue weighted by Crippen LogP contribution is -2.30. The van der Waals surface area contributed by atoms with Crippen LogP contribution in [0.1, 0.15) is 51.2 Å². The standard InChI is InChI=1S/C22H25N3O3S/c1-12-19-13(2)23-14(3)24-21(19)29-20(12)22(26)25-10-6-7-17(25)16-11-15(27-4)8-9-18(16)28-5/h8-9,11,17H,6-7,10H2,1-5H3. The van der Waals surface area contributed by atoms with E-state index in [1.165, 1.54) is 11.3 Å². The third-order valence-electron chi connectivity index (χ3n) is 5.59. The lowest BCUT2D eigenvalue weighted by atomic mass is 10.0. The molecular formula is C22H25N3O3S. The summed E-state index contributed by atoms with van der Waals surface area (Å²) in [4.78, 5) is 26.2. The molecule has 1 aliphatic heterocycles. The Hall–Kier alpha value is -2.67. The van der Waals surface area contributed by atoms with Crippen LogP contribution in [0.15, 0.2) is 18.2 Å². The number of hydrogen-bond donors (Lipinski definition) is 0. The fraction of sp³-hybridized carbons (Fsp3) is 0.409. The van der Waals surface area contributed by atoms with Gasteiger partial charge in [0.05, 0.1) is 25.1 Å². The van der Waals surface area contributed by atoms with Gasteiger partial charge in [-0.2, -0.15) is 0 Å². The molecule has 1 aliphatic rings. The van der Waals surface area contributed by atoms with Crippen LogP contribution in [-0.2, 0) is 0 Å². The van der Waals surface area contributed by atoms with Crippen LogP contribution in [0.4, 0.5) is 0 Å². The first kappa shape index (κ1) is 19.6. The molecule has 0 saturated carbocycles. The number of rotatable bonds is 4. The van der Waals surface area contributed by atoms with E-state index in [2.05, 4.69) is 9.97 Å². The van der Waals surface area contributed by atoms with Crippen LogP contribution >= 0.6 is 11.3 Å². The molecule has 152 valence electrons. The maximum Gasteiger partial charge on any atom is 0.264 e. The number of ether oxygens (including phenoxy) is 2. The molecule has 0 spiro atoms. The van der Waals surface area contributed by atoms with Crippen LogP contribution in [0.5, 0.6) is 11.5 Å². The van der Waals surface area contributed by atoms with E-state index in [9.17, 15) is 4.79 Å². The van der Waals surface area contributed by atoms with Crippen molar-refractivity contribution in [1.29, 1.82) is 0 Å². The predicted molar refractivity (Wildman–Crippen MR) is 114 cm³/mol. The number of carbonyl (C=O) groups excluding carboxylic acids is 1. The van der Waals surface area contributed by atoms with E-state index in [0.717, 1.165) is 68.6 Å². The van der Waals surface area contributed by atoms with E-state index in [4.69, 9.17) is 9.47 Å². The fourth-order valence-electron chi connectivity index (χ4n) is 4.24. The minimum atomic E-state index is -0.0360. The SMILES string of the molecule is COc1ccc(OC)c(C2CCCN2C(=O)c2sc3nc(C)nc(C)c3c2C)c1. The Morgan fingerprint density at radius 3 is 2.69 bits per heavy atom. The smallest absolute Gasteiger partial charge is 0.264 e. The van der Waals surface area contributed by atoms with Crippen molar-refractivity contribution in [2.45, 2.75) is 39.7 Å². The molecule has 4 rings (SSSR count). The molecule has 1 atom stereocenters. The summed E-state index contributed by atoms with van der Waals surface area (Å²) in [5.74, 6) is 2.32. The van der Waals surface area contributed by atoms with E-state index in [0.29, 0.717) is 0 Å². The topological polar surface area (TPSA) is 64.6 Å². The highest BCUT2D eigenvalue weighted by molar-refractivity contribution is 7.20. The van der Waals surface area contributed by atoms with Crippen molar-refractivity contribution in [2.24, 2.45) is 0 Å². The highest BCUT2D eigenvalue weighted by Gasteiger charge is 2.34. The van der Waals surface area contributed by atoms with Gasteiger partial charge in [0.25, 0.3) is 5.91 Å². The highest BCUT2D eigenvalue weighted by atomic mass is 32.1. The first-order chi connectivity index (χ1) is 13.9. The summed E-state index contributed by atoms with van der Waals surface area (Å²) in [6.45, 7) is 6.58. The summed E-state index contributed by atoms with van der Waals surface area (Å²) >= 11 is 1.46. The third-order valence-corrected chi connectivity index (χ3v) is 6.76. The molecular weight excluding hydrogens is 386 g/mol. The zero-order valence-corrected chi connectivity index (χ0v) is 18.2. The van der Waals surface area contributed by atoms with Gasteiger partial charge in [-0.3, -0.25) is 4.79 Å². The van der Waals surface area contributed by atoms with Crippen LogP contribution in [0.3, 0.4) is 0 Å². The normalized spacial score (nSPS) is 16.4. The zero-order valence-electron chi connectivity index (χ0n) is 17.4. The lowest BCUT2D eigenvalue weighted by Gasteiger charge is -2.26. The second kappa shape index (κ2) is 7.63. The molecule has 3 aromatic rings. The Kier molecular flexibility index (Phi) is 5.17. The molecule has 7 heteroatoms. The van der Waals surface area contributed by atoms with Gasteiger partial charge in [0, 0.05) is 23.2 Å². The van der Waals surface area contributed by atoms with E-state index in [-0.39, 0.29) is 11.9 Å². The summed E-state index contributed by atoms with van der Waals surface area (Å²) in [5, 5.41) is 0.999. The highest BCUT2D eigenvalue weighted by Crippen LogP contribution is 2.41. The average molecular weight is 412 g/mol. The van der Waals surface area contributed by atoms with Gasteiger partial charge in [-0.15, -0.1) is 11.3 Å². The molecule has 6 nitrogen and oxygen atoms in total. The van der Waals surface area contributed by atoms with Crippen molar-refractivity contribution in [2.75, 3.05) is 20.8 Å². The van der Waals surface area contributed by atoms with Gasteiger partial charge in [-0.05, 0) is 57.4 Å². The van der Waals surface area contributed by atoms with Crippen LogP contribution in [0, 0.1) is 20.8 Å². The Morgan fingerprint density at radius 2 is 1.97 bits per heavy atom. The number of carbonyl (C=O) groups is 1. The Bertz CT molecular complexity index is 1090. The number of thiophene rings is 1. The van der Waals surface area contributed by atoms with Crippen LogP contribution in [0.2, 0.25) is 0 Å². The average Bonchev–Trinajstić information content (AvgIpc) is 3.31. The number of nitrogens with zero attached hydrogens (tertiary/aromatic N) is 3. The number of amides is 1. The van der Waals surface area contributed by atoms with Crippen LogP contribution in [-0.4, -0.2) is 41.5 Å². The van der Waals surface area contributed by atoms with Gasteiger partial charge >= 0.3 is 0 Å². The largest absolute Gasteiger partial charge is 0.497 e. The summed E-state index contributed by atoms with van der Waals surface area (Å²) in [6, 6.07) is 5.72. The first-order valence-electron chi connectivity index (χ1n) is 9.71. The second-order valence-corrected chi connectivity index (χ2v) is 8.36. The molecule has 1 amide bonds. The third kappa shape index (κ3) is 3.33. The number of hydrogen-bond acceptors (Lipinski definition) is 6. The van der Waals surface area contributed by atoms with Crippen molar-refractivity contribution in [1.82, 2.24) is 14.9 Å². The summed E-state index contributed by atoms with van der Waals surface area (Å²) in [6.07, 6.45) is 1.86. The number of aryl methyl sites for hydroxylation is 3. The van der Waals surface area contributed by atoms with Crippen LogP contribution in [0.25, 0.3) is 10.2 Å². The summed E-state index contributed by atoms with van der Waals surface area (Å²) in [7, 11) is 3.31. The van der Waals surface area contributed by atoms with Crippen molar-refractivity contribution < 1.29 is 14.3 Å². The molecule has 1 unspecified atom stereocenters. The van der Waals surface area contributed by atoms with Crippen molar-refractivity contribution in [3.63, 3.8) is 0 Å². The molecule has 29 heavy (non-hydrogen) atoms. The van der Waals surface area contributed by atoms with E-state index in [1.807, 2.05) is 43.9 Å². The van der Waals surface area contributed by atoms with Gasteiger partial charge < -0.3 is 14.4 Å². The number of fused-ring (bicyclic) bond motifs is 1. The van der Waals surface area contributed by atoms with Gasteiger partial charge in [0.1, 0.15) is 22.2 Å². The molecule has 0 N–H and O–H groups in total. The number of methoxy groups -OCH3 is 2. The van der Waals surface area contributed by atoms with Gasteiger partial charge in [0.15, 0.2) is 0 Å². The molecule has 1 fully saturated rings. The lowest BCUT2D eigenvalue weighted by molar-refractivity contribution is 0.0738. The van der Waals surface area contributed by atoms with Crippen molar-refractivity contribution >= 4 is 27.5 Å². The van der Waals surface area contributed by atoms with Crippen LogP contribution < -0.4 is 9.47 Å². The molecule has 0 radical (unpaired) electrons. The monoisotopic (exact) mass is 411 g/mol. The maximum absolute atomic E-state index is 13.6. The number of aromatic nitrogens is 2. The Morgan fingerprint density at radius 1 is 1.17 bits per heavy atom. The first-order valence-corrected chi connectivity index (χ1v) is 10.5. The zero-order chi connectivity index (χ0) is 20.7. The second-order valence-electron chi connectivity index (χ2n) is 7.36. The van der Waals surface area contributed by atoms with E-state index < -0.39 is 0 Å². The van der Waals surface area contributed by atoms with Gasteiger partial charge in [-0.1, -0.05) is 0 Å². The Balaban J connectivity index is 1.75. The number of benzene rings is 1. The van der Waals surface area contributed by atoms with Crippen molar-refractivity contribution in [3.05, 3.63) is 45.7 Å². The number of likely N-dealkylation sites (tertiary alicyclic amines) is 1. The van der Waals surface area contributed by atoms with Gasteiger partial charge in [0.2, 0.25) is 0 Å². The molecule has 1 saturated heterocycles. The molecule has 2 aromatic heterocycles. The molecule has 1 aromatic carbocycles. The molecule has 0 bridgehead atoms. The van der Waals surface area contributed by atoms with Crippen molar-refractivity contribution in [3.8, 4) is 11.5 Å². The minimum Gasteiger partial charge on any atom is -0.497 e. The molecule has 3 heterocycles. The van der Waals surface area contributed by atoms with Gasteiger partial charge in [-0.25, -0.2) is 9.97 Å². The maximum atomic E-state index is 13.6.